The zero-order valence-corrected chi connectivity index (χ0v) is 19.1. The molecule has 0 bridgehead atoms. The molecule has 170 valence electrons. The number of rotatable bonds is 7. The highest BCUT2D eigenvalue weighted by Gasteiger charge is 2.39. The summed E-state index contributed by atoms with van der Waals surface area (Å²) in [6.45, 7) is 0. The molecule has 0 saturated carbocycles. The number of halogens is 1. The Hall–Kier alpha value is -3.56. The van der Waals surface area contributed by atoms with Gasteiger partial charge in [0.25, 0.3) is 15.9 Å². The molecule has 10 heteroatoms. The van der Waals surface area contributed by atoms with Crippen LogP contribution in [0.1, 0.15) is 6.42 Å². The zero-order valence-electron chi connectivity index (χ0n) is 17.5. The lowest BCUT2D eigenvalue weighted by Crippen LogP contribution is -2.34. The van der Waals surface area contributed by atoms with E-state index in [0.29, 0.717) is 27.8 Å². The average molecular weight is 486 g/mol. The van der Waals surface area contributed by atoms with Crippen molar-refractivity contribution in [2.75, 3.05) is 22.0 Å². The molecular formula is C23H20ClN3O5S. The van der Waals surface area contributed by atoms with Crippen LogP contribution in [0.4, 0.5) is 17.1 Å². The summed E-state index contributed by atoms with van der Waals surface area (Å²) in [5.74, 6) is -0.177. The number of nitrogens with one attached hydrogen (secondary N) is 2. The second-order valence-corrected chi connectivity index (χ2v) is 9.43. The maximum atomic E-state index is 12.8. The van der Waals surface area contributed by atoms with Crippen molar-refractivity contribution < 1.29 is 22.7 Å². The average Bonchev–Trinajstić information content (AvgIpc) is 3.07. The molecule has 1 atom stereocenters. The van der Waals surface area contributed by atoms with Crippen molar-refractivity contribution in [3.63, 3.8) is 0 Å². The number of ether oxygens (including phenoxy) is 1. The predicted octanol–water partition coefficient (Wildman–Crippen LogP) is 3.89. The number of benzene rings is 3. The number of carbonyl (C=O) groups is 2. The van der Waals surface area contributed by atoms with Crippen molar-refractivity contribution in [3.05, 3.63) is 77.8 Å². The van der Waals surface area contributed by atoms with Gasteiger partial charge in [0.05, 0.1) is 24.1 Å². The number of methoxy groups -OCH3 is 1. The zero-order chi connectivity index (χ0) is 23.6. The predicted molar refractivity (Wildman–Crippen MR) is 126 cm³/mol. The Kier molecular flexibility index (Phi) is 6.26. The standard InChI is InChI=1S/C23H20ClN3O5S/c1-32-19-11-7-16(8-12-19)26-33(30,31)20-4-2-3-17(13-20)25-21-14-22(28)27(23(21)29)18-9-5-15(24)6-10-18/h2-13,21,25-26H,14H2,1H3/t21-/m0/s1. The van der Waals surface area contributed by atoms with Crippen LogP contribution in [0.3, 0.4) is 0 Å². The van der Waals surface area contributed by atoms with Gasteiger partial charge in [0.2, 0.25) is 5.91 Å². The molecule has 8 nitrogen and oxygen atoms in total. The van der Waals surface area contributed by atoms with Gasteiger partial charge in [-0.05, 0) is 66.7 Å². The number of anilines is 3. The fraction of sp³-hybridized carbons (Fsp3) is 0.130. The lowest BCUT2D eigenvalue weighted by atomic mass is 10.2. The minimum atomic E-state index is -3.88. The van der Waals surface area contributed by atoms with Gasteiger partial charge in [-0.1, -0.05) is 17.7 Å². The molecule has 0 spiro atoms. The molecule has 1 heterocycles. The van der Waals surface area contributed by atoms with Crippen LogP contribution in [0, 0.1) is 0 Å². The van der Waals surface area contributed by atoms with Crippen LogP contribution < -0.4 is 19.7 Å². The molecule has 1 aliphatic heterocycles. The highest BCUT2D eigenvalue weighted by Crippen LogP contribution is 2.27. The molecule has 0 aromatic heterocycles. The molecule has 1 saturated heterocycles. The molecule has 2 N–H and O–H groups in total. The number of amides is 2. The lowest BCUT2D eigenvalue weighted by Gasteiger charge is -2.16. The molecule has 4 rings (SSSR count). The monoisotopic (exact) mass is 485 g/mol. The first kappa shape index (κ1) is 22.6. The summed E-state index contributed by atoms with van der Waals surface area (Å²) < 4.78 is 33.2. The Morgan fingerprint density at radius 2 is 1.67 bits per heavy atom. The molecule has 1 aliphatic rings. The van der Waals surface area contributed by atoms with Crippen LogP contribution in [0.5, 0.6) is 5.75 Å². The van der Waals surface area contributed by atoms with E-state index in [9.17, 15) is 18.0 Å². The molecule has 33 heavy (non-hydrogen) atoms. The third-order valence-corrected chi connectivity index (χ3v) is 6.69. The van der Waals surface area contributed by atoms with Crippen molar-refractivity contribution in [1.82, 2.24) is 0 Å². The van der Waals surface area contributed by atoms with E-state index in [0.717, 1.165) is 4.90 Å². The number of sulfonamides is 1. The van der Waals surface area contributed by atoms with E-state index >= 15 is 0 Å². The van der Waals surface area contributed by atoms with Gasteiger partial charge in [-0.15, -0.1) is 0 Å². The molecule has 3 aromatic carbocycles. The molecule has 3 aromatic rings. The van der Waals surface area contributed by atoms with Crippen LogP contribution in [0.25, 0.3) is 0 Å². The summed E-state index contributed by atoms with van der Waals surface area (Å²) in [5, 5.41) is 3.47. The third-order valence-electron chi connectivity index (χ3n) is 5.06. The number of hydrogen-bond donors (Lipinski definition) is 2. The molecule has 0 radical (unpaired) electrons. The van der Waals surface area contributed by atoms with Gasteiger partial charge in [-0.25, -0.2) is 13.3 Å². The Labute approximate surface area is 196 Å². The van der Waals surface area contributed by atoms with Gasteiger partial charge >= 0.3 is 0 Å². The summed E-state index contributed by atoms with van der Waals surface area (Å²) in [7, 11) is -2.35. The highest BCUT2D eigenvalue weighted by atomic mass is 35.5. The minimum Gasteiger partial charge on any atom is -0.497 e. The normalized spacial score (nSPS) is 16.1. The maximum Gasteiger partial charge on any atom is 0.261 e. The van der Waals surface area contributed by atoms with Gasteiger partial charge in [-0.3, -0.25) is 14.3 Å². The van der Waals surface area contributed by atoms with E-state index in [1.165, 1.54) is 19.2 Å². The van der Waals surface area contributed by atoms with E-state index in [1.807, 2.05) is 0 Å². The first-order valence-corrected chi connectivity index (χ1v) is 11.8. The van der Waals surface area contributed by atoms with Gasteiger partial charge < -0.3 is 10.1 Å². The SMILES string of the molecule is COc1ccc(NS(=O)(=O)c2cccc(N[C@H]3CC(=O)N(c4ccc(Cl)cc4)C3=O)c2)cc1. The van der Waals surface area contributed by atoms with E-state index in [4.69, 9.17) is 16.3 Å². The first-order chi connectivity index (χ1) is 15.8. The van der Waals surface area contributed by atoms with Crippen LogP contribution in [0.15, 0.2) is 77.7 Å². The van der Waals surface area contributed by atoms with Gasteiger partial charge in [0.15, 0.2) is 0 Å². The number of hydrogen-bond acceptors (Lipinski definition) is 6. The molecule has 0 unspecified atom stereocenters. The second kappa shape index (κ2) is 9.13. The third kappa shape index (κ3) is 4.94. The van der Waals surface area contributed by atoms with Crippen molar-refractivity contribution in [2.24, 2.45) is 0 Å². The van der Waals surface area contributed by atoms with Gasteiger partial charge in [-0.2, -0.15) is 0 Å². The summed E-state index contributed by atoms with van der Waals surface area (Å²) in [6, 6.07) is 18.1. The first-order valence-electron chi connectivity index (χ1n) is 9.93. The summed E-state index contributed by atoms with van der Waals surface area (Å²) in [5.41, 5.74) is 1.21. The van der Waals surface area contributed by atoms with Crippen molar-refractivity contribution in [3.8, 4) is 5.75 Å². The molecule has 1 fully saturated rings. The largest absolute Gasteiger partial charge is 0.497 e. The summed E-state index contributed by atoms with van der Waals surface area (Å²) in [6.07, 6.45) is -0.0530. The second-order valence-electron chi connectivity index (χ2n) is 7.31. The highest BCUT2D eigenvalue weighted by molar-refractivity contribution is 7.92. The van der Waals surface area contributed by atoms with E-state index < -0.39 is 22.0 Å². The Morgan fingerprint density at radius 3 is 2.33 bits per heavy atom. The van der Waals surface area contributed by atoms with Crippen LogP contribution in [0.2, 0.25) is 5.02 Å². The number of carbonyl (C=O) groups excluding carboxylic acids is 2. The quantitative estimate of drug-likeness (QED) is 0.492. The van der Waals surface area contributed by atoms with Gasteiger partial charge in [0.1, 0.15) is 11.8 Å². The van der Waals surface area contributed by atoms with E-state index in [2.05, 4.69) is 10.0 Å². The van der Waals surface area contributed by atoms with E-state index in [-0.39, 0.29) is 17.2 Å². The molecule has 2 amide bonds. The van der Waals surface area contributed by atoms with Crippen molar-refractivity contribution in [1.29, 1.82) is 0 Å². The van der Waals surface area contributed by atoms with Crippen molar-refractivity contribution in [2.45, 2.75) is 17.4 Å². The minimum absolute atomic E-state index is 0.00893. The number of imide groups is 1. The Bertz CT molecular complexity index is 1290. The Balaban J connectivity index is 1.50. The molecule has 0 aliphatic carbocycles. The maximum absolute atomic E-state index is 12.8. The van der Waals surface area contributed by atoms with Crippen LogP contribution >= 0.6 is 11.6 Å². The van der Waals surface area contributed by atoms with Gasteiger partial charge in [0, 0.05) is 16.4 Å². The van der Waals surface area contributed by atoms with Crippen LogP contribution in [-0.2, 0) is 19.6 Å². The molecular weight excluding hydrogens is 466 g/mol. The number of nitrogens with zero attached hydrogens (tertiary/aromatic N) is 1. The smallest absolute Gasteiger partial charge is 0.261 e. The topological polar surface area (TPSA) is 105 Å². The van der Waals surface area contributed by atoms with E-state index in [1.54, 1.807) is 60.7 Å². The Morgan fingerprint density at radius 1 is 0.970 bits per heavy atom. The van der Waals surface area contributed by atoms with Crippen molar-refractivity contribution >= 4 is 50.5 Å². The summed E-state index contributed by atoms with van der Waals surface area (Å²) >= 11 is 5.88. The van der Waals surface area contributed by atoms with Crippen LogP contribution in [-0.4, -0.2) is 33.4 Å². The summed E-state index contributed by atoms with van der Waals surface area (Å²) in [4.78, 5) is 26.4. The fourth-order valence-electron chi connectivity index (χ4n) is 3.43. The fourth-order valence-corrected chi connectivity index (χ4v) is 4.66. The lowest BCUT2D eigenvalue weighted by molar-refractivity contribution is -0.121.